The van der Waals surface area contributed by atoms with Crippen molar-refractivity contribution >= 4 is 11.8 Å². The first-order chi connectivity index (χ1) is 9.28. The number of hydrogen-bond donors (Lipinski definition) is 1. The quantitative estimate of drug-likeness (QED) is 0.850. The Bertz CT molecular complexity index is 469. The predicted octanol–water partition coefficient (Wildman–Crippen LogP) is 3.74. The number of aliphatic hydroxyl groups excluding tert-OH is 1. The van der Waals surface area contributed by atoms with Gasteiger partial charge in [0.25, 0.3) is 0 Å². The zero-order valence-corrected chi connectivity index (χ0v) is 11.8. The summed E-state index contributed by atoms with van der Waals surface area (Å²) >= 11 is 1.93. The van der Waals surface area contributed by atoms with Crippen LogP contribution < -0.4 is 0 Å². The minimum absolute atomic E-state index is 0.192. The van der Waals surface area contributed by atoms with Gasteiger partial charge in [0, 0.05) is 16.6 Å². The molecule has 0 saturated heterocycles. The summed E-state index contributed by atoms with van der Waals surface area (Å²) in [5, 5.41) is 9.39. The summed E-state index contributed by atoms with van der Waals surface area (Å²) in [5.74, 6) is 5.92. The van der Waals surface area contributed by atoms with E-state index >= 15 is 0 Å². The molecule has 0 heterocycles. The molecule has 1 aliphatic rings. The molecular weight excluding hydrogens is 259 g/mol. The Labute approximate surface area is 118 Å². The molecule has 0 aromatic heterocycles. The maximum absolute atomic E-state index is 13.5. The van der Waals surface area contributed by atoms with Gasteiger partial charge in [0.05, 0.1) is 0 Å². The van der Waals surface area contributed by atoms with Crippen molar-refractivity contribution in [1.82, 2.24) is 0 Å². The molecule has 1 aromatic carbocycles. The molecule has 0 aliphatic heterocycles. The molecule has 3 heteroatoms. The molecule has 1 fully saturated rings. The van der Waals surface area contributed by atoms with Gasteiger partial charge in [-0.3, -0.25) is 0 Å². The summed E-state index contributed by atoms with van der Waals surface area (Å²) < 4.78 is 13.5. The Kier molecular flexibility index (Phi) is 5.75. The van der Waals surface area contributed by atoms with E-state index in [0.29, 0.717) is 5.56 Å². The lowest BCUT2D eigenvalue weighted by Crippen LogP contribution is -2.08. The third-order valence-corrected chi connectivity index (χ3v) is 4.75. The van der Waals surface area contributed by atoms with E-state index in [9.17, 15) is 4.39 Å². The first kappa shape index (κ1) is 14.4. The second-order valence-corrected chi connectivity index (χ2v) is 6.17. The van der Waals surface area contributed by atoms with Gasteiger partial charge >= 0.3 is 0 Å². The van der Waals surface area contributed by atoms with Crippen molar-refractivity contribution in [3.63, 3.8) is 0 Å². The highest BCUT2D eigenvalue weighted by Crippen LogP contribution is 2.30. The Balaban J connectivity index is 1.97. The SMILES string of the molecule is OCC#Cc1cc(F)cc(CSC2CCCCC2)c1. The molecule has 0 atom stereocenters. The molecule has 0 radical (unpaired) electrons. The molecule has 19 heavy (non-hydrogen) atoms. The summed E-state index contributed by atoms with van der Waals surface area (Å²) in [6, 6.07) is 4.92. The van der Waals surface area contributed by atoms with Crippen LogP contribution in [0.3, 0.4) is 0 Å². The molecular formula is C16H19FOS. The lowest BCUT2D eigenvalue weighted by atomic mass is 10.0. The molecule has 1 saturated carbocycles. The fourth-order valence-electron chi connectivity index (χ4n) is 2.39. The van der Waals surface area contributed by atoms with E-state index in [1.54, 1.807) is 6.07 Å². The summed E-state index contributed by atoms with van der Waals surface area (Å²) in [6.07, 6.45) is 6.59. The van der Waals surface area contributed by atoms with Gasteiger partial charge in [-0.25, -0.2) is 4.39 Å². The average molecular weight is 278 g/mol. The maximum Gasteiger partial charge on any atom is 0.124 e. The highest BCUT2D eigenvalue weighted by atomic mass is 32.2. The third-order valence-electron chi connectivity index (χ3n) is 3.31. The van der Waals surface area contributed by atoms with Crippen molar-refractivity contribution in [2.45, 2.75) is 43.1 Å². The van der Waals surface area contributed by atoms with Crippen LogP contribution in [-0.4, -0.2) is 17.0 Å². The first-order valence-electron chi connectivity index (χ1n) is 6.79. The van der Waals surface area contributed by atoms with E-state index in [2.05, 4.69) is 11.8 Å². The first-order valence-corrected chi connectivity index (χ1v) is 7.83. The summed E-state index contributed by atoms with van der Waals surface area (Å²) in [6.45, 7) is -0.192. The van der Waals surface area contributed by atoms with Gasteiger partial charge in [-0.15, -0.1) is 0 Å². The topological polar surface area (TPSA) is 20.2 Å². The highest BCUT2D eigenvalue weighted by molar-refractivity contribution is 7.99. The zero-order valence-electron chi connectivity index (χ0n) is 11.0. The normalized spacial score (nSPS) is 15.9. The van der Waals surface area contributed by atoms with Crippen LogP contribution in [0.25, 0.3) is 0 Å². The molecule has 1 aliphatic carbocycles. The number of benzene rings is 1. The van der Waals surface area contributed by atoms with E-state index < -0.39 is 0 Å². The van der Waals surface area contributed by atoms with Crippen molar-refractivity contribution in [1.29, 1.82) is 0 Å². The van der Waals surface area contributed by atoms with Crippen LogP contribution in [0.1, 0.15) is 43.2 Å². The minimum Gasteiger partial charge on any atom is -0.384 e. The van der Waals surface area contributed by atoms with Crippen LogP contribution in [0, 0.1) is 17.7 Å². The number of hydrogen-bond acceptors (Lipinski definition) is 2. The van der Waals surface area contributed by atoms with Crippen molar-refractivity contribution in [2.24, 2.45) is 0 Å². The van der Waals surface area contributed by atoms with Gasteiger partial charge in [-0.2, -0.15) is 11.8 Å². The fourth-order valence-corrected chi connectivity index (χ4v) is 3.65. The molecule has 102 valence electrons. The molecule has 0 spiro atoms. The second kappa shape index (κ2) is 7.57. The van der Waals surface area contributed by atoms with Gasteiger partial charge < -0.3 is 5.11 Å². The number of aliphatic hydroxyl groups is 1. The van der Waals surface area contributed by atoms with Gasteiger partial charge in [0.2, 0.25) is 0 Å². The monoisotopic (exact) mass is 278 g/mol. The van der Waals surface area contributed by atoms with Crippen LogP contribution in [0.15, 0.2) is 18.2 Å². The number of rotatable bonds is 3. The molecule has 1 nitrogen and oxygen atoms in total. The number of thioether (sulfide) groups is 1. The molecule has 0 bridgehead atoms. The zero-order chi connectivity index (χ0) is 13.5. The van der Waals surface area contributed by atoms with E-state index in [4.69, 9.17) is 5.11 Å². The molecule has 0 amide bonds. The molecule has 1 aromatic rings. The molecule has 1 N–H and O–H groups in total. The Morgan fingerprint density at radius 2 is 2.00 bits per heavy atom. The van der Waals surface area contributed by atoms with Gasteiger partial charge in [0.15, 0.2) is 0 Å². The minimum atomic E-state index is -0.246. The molecule has 0 unspecified atom stereocenters. The van der Waals surface area contributed by atoms with E-state index in [1.165, 1.54) is 38.2 Å². The predicted molar refractivity (Wildman–Crippen MR) is 78.5 cm³/mol. The largest absolute Gasteiger partial charge is 0.384 e. The van der Waals surface area contributed by atoms with Crippen molar-refractivity contribution in [3.8, 4) is 11.8 Å². The van der Waals surface area contributed by atoms with Crippen molar-refractivity contribution < 1.29 is 9.50 Å². The van der Waals surface area contributed by atoms with Gasteiger partial charge in [-0.05, 0) is 36.6 Å². The Morgan fingerprint density at radius 1 is 1.21 bits per heavy atom. The summed E-state index contributed by atoms with van der Waals surface area (Å²) in [7, 11) is 0. The lowest BCUT2D eigenvalue weighted by Gasteiger charge is -2.20. The van der Waals surface area contributed by atoms with E-state index in [0.717, 1.165) is 16.6 Å². The standard InChI is InChI=1S/C16H19FOS/c17-15-10-13(5-4-8-18)9-14(11-15)12-19-16-6-2-1-3-7-16/h9-11,16,18H,1-3,6-8,12H2. The highest BCUT2D eigenvalue weighted by Gasteiger charge is 2.13. The molecule has 2 rings (SSSR count). The smallest absolute Gasteiger partial charge is 0.124 e. The van der Waals surface area contributed by atoms with Crippen molar-refractivity contribution in [2.75, 3.05) is 6.61 Å². The van der Waals surface area contributed by atoms with Gasteiger partial charge in [0.1, 0.15) is 12.4 Å². The fraction of sp³-hybridized carbons (Fsp3) is 0.500. The van der Waals surface area contributed by atoms with Gasteiger partial charge in [-0.1, -0.05) is 31.1 Å². The van der Waals surface area contributed by atoms with Crippen LogP contribution in [0.2, 0.25) is 0 Å². The summed E-state index contributed by atoms with van der Waals surface area (Å²) in [4.78, 5) is 0. The van der Waals surface area contributed by atoms with Crippen molar-refractivity contribution in [3.05, 3.63) is 35.1 Å². The summed E-state index contributed by atoms with van der Waals surface area (Å²) in [5.41, 5.74) is 1.63. The Hall–Kier alpha value is -0.980. The number of halogens is 1. The Morgan fingerprint density at radius 3 is 2.74 bits per heavy atom. The van der Waals surface area contributed by atoms with E-state index in [1.807, 2.05) is 17.8 Å². The van der Waals surface area contributed by atoms with Crippen LogP contribution in [0.5, 0.6) is 0 Å². The van der Waals surface area contributed by atoms with Crippen LogP contribution in [0.4, 0.5) is 4.39 Å². The van der Waals surface area contributed by atoms with Crippen LogP contribution in [-0.2, 0) is 5.75 Å². The average Bonchev–Trinajstić information content (AvgIpc) is 2.43. The van der Waals surface area contributed by atoms with Crippen LogP contribution >= 0.6 is 11.8 Å². The third kappa shape index (κ3) is 4.89. The van der Waals surface area contributed by atoms with E-state index in [-0.39, 0.29) is 12.4 Å². The lowest BCUT2D eigenvalue weighted by molar-refractivity contribution is 0.350. The second-order valence-electron chi connectivity index (χ2n) is 4.88. The maximum atomic E-state index is 13.5.